The van der Waals surface area contributed by atoms with Crippen LogP contribution in [-0.2, 0) is 0 Å². The molecule has 0 aliphatic heterocycles. The van der Waals surface area contributed by atoms with Crippen LogP contribution in [0.5, 0.6) is 11.5 Å². The molecule has 0 spiro atoms. The molecule has 3 heteroatoms. The number of ether oxygens (including phenoxy) is 2. The molecule has 0 aliphatic rings. The Balaban J connectivity index is 1.52. The number of fused-ring (bicyclic) bond motifs is 3. The lowest BCUT2D eigenvalue weighted by Gasteiger charge is -2.12. The van der Waals surface area contributed by atoms with Gasteiger partial charge in [0.05, 0.1) is 13.2 Å². The summed E-state index contributed by atoms with van der Waals surface area (Å²) in [6.07, 6.45) is 16.2. The molecule has 2 nitrogen and oxygen atoms in total. The van der Waals surface area contributed by atoms with Gasteiger partial charge in [0.1, 0.15) is 5.75 Å². The molecule has 0 amide bonds. The smallest absolute Gasteiger partial charge is 0.172 e. The fraction of sp³-hybridized carbons (Fsp3) is 0.548. The van der Waals surface area contributed by atoms with Crippen LogP contribution in [0.1, 0.15) is 97.3 Å². The normalized spacial score (nSPS) is 11.4. The van der Waals surface area contributed by atoms with Gasteiger partial charge >= 0.3 is 0 Å². The summed E-state index contributed by atoms with van der Waals surface area (Å²) < 4.78 is 26.9. The van der Waals surface area contributed by atoms with Crippen molar-refractivity contribution in [1.29, 1.82) is 0 Å². The zero-order valence-electron chi connectivity index (χ0n) is 21.3. The Morgan fingerprint density at radius 1 is 0.559 bits per heavy atom. The van der Waals surface area contributed by atoms with E-state index in [0.29, 0.717) is 17.7 Å². The highest BCUT2D eigenvalue weighted by Crippen LogP contribution is 2.33. The quantitative estimate of drug-likeness (QED) is 0.145. The highest BCUT2D eigenvalue weighted by Gasteiger charge is 2.11. The van der Waals surface area contributed by atoms with Gasteiger partial charge < -0.3 is 9.47 Å². The van der Waals surface area contributed by atoms with Crippen molar-refractivity contribution in [2.24, 2.45) is 0 Å². The van der Waals surface area contributed by atoms with Crippen LogP contribution in [0.25, 0.3) is 21.5 Å². The second-order valence-corrected chi connectivity index (χ2v) is 9.51. The molecule has 0 heterocycles. The number of rotatable bonds is 17. The first-order chi connectivity index (χ1) is 16.7. The molecule has 0 aliphatic carbocycles. The molecule has 0 bridgehead atoms. The molecule has 0 N–H and O–H groups in total. The number of unbranched alkanes of at least 4 members (excludes halogenated alkanes) is 11. The second kappa shape index (κ2) is 14.9. The van der Waals surface area contributed by atoms with Crippen LogP contribution in [0.15, 0.2) is 42.5 Å². The van der Waals surface area contributed by atoms with E-state index in [1.54, 1.807) is 6.07 Å². The van der Waals surface area contributed by atoms with Crippen molar-refractivity contribution in [3.63, 3.8) is 0 Å². The summed E-state index contributed by atoms with van der Waals surface area (Å²) in [6.45, 7) is 5.78. The van der Waals surface area contributed by atoms with Crippen LogP contribution in [-0.4, -0.2) is 13.2 Å². The summed E-state index contributed by atoms with van der Waals surface area (Å²) >= 11 is 0. The average molecular weight is 467 g/mol. The Bertz CT molecular complexity index is 998. The predicted octanol–water partition coefficient (Wildman–Crippen LogP) is 10.0. The molecule has 0 fully saturated rings. The van der Waals surface area contributed by atoms with Gasteiger partial charge in [-0.1, -0.05) is 103 Å². The van der Waals surface area contributed by atoms with Gasteiger partial charge in [0.2, 0.25) is 0 Å². The van der Waals surface area contributed by atoms with E-state index in [0.717, 1.165) is 47.8 Å². The van der Waals surface area contributed by atoms with E-state index >= 15 is 4.39 Å². The van der Waals surface area contributed by atoms with E-state index in [1.807, 2.05) is 24.3 Å². The molecule has 0 saturated carbocycles. The first kappa shape index (κ1) is 26.3. The maximum Gasteiger partial charge on any atom is 0.172 e. The van der Waals surface area contributed by atoms with Crippen molar-refractivity contribution in [3.05, 3.63) is 48.3 Å². The lowest BCUT2D eigenvalue weighted by atomic mass is 10.0. The van der Waals surface area contributed by atoms with Crippen molar-refractivity contribution >= 4 is 21.5 Å². The third kappa shape index (κ3) is 7.89. The average Bonchev–Trinajstić information content (AvgIpc) is 2.86. The summed E-state index contributed by atoms with van der Waals surface area (Å²) in [6, 6.07) is 13.7. The van der Waals surface area contributed by atoms with Crippen LogP contribution in [0.3, 0.4) is 0 Å². The lowest BCUT2D eigenvalue weighted by molar-refractivity contribution is 0.291. The highest BCUT2D eigenvalue weighted by atomic mass is 19.1. The molecule has 0 radical (unpaired) electrons. The second-order valence-electron chi connectivity index (χ2n) is 9.51. The molecule has 3 rings (SSSR count). The van der Waals surface area contributed by atoms with E-state index in [2.05, 4.69) is 26.0 Å². The van der Waals surface area contributed by atoms with Crippen LogP contribution in [0.4, 0.5) is 4.39 Å². The molecular formula is C31H43FO2. The minimum absolute atomic E-state index is 0.261. The Hall–Kier alpha value is -2.29. The third-order valence-electron chi connectivity index (χ3n) is 6.66. The zero-order chi connectivity index (χ0) is 24.0. The van der Waals surface area contributed by atoms with E-state index < -0.39 is 0 Å². The molecule has 0 unspecified atom stereocenters. The van der Waals surface area contributed by atoms with Gasteiger partial charge in [-0.15, -0.1) is 0 Å². The molecular weight excluding hydrogens is 423 g/mol. The van der Waals surface area contributed by atoms with E-state index in [9.17, 15) is 0 Å². The topological polar surface area (TPSA) is 18.5 Å². The molecule has 3 aromatic carbocycles. The number of hydrogen-bond acceptors (Lipinski definition) is 2. The first-order valence-corrected chi connectivity index (χ1v) is 13.6. The van der Waals surface area contributed by atoms with Crippen molar-refractivity contribution in [3.8, 4) is 11.5 Å². The highest BCUT2D eigenvalue weighted by molar-refractivity contribution is 6.08. The molecule has 0 aromatic heterocycles. The minimum Gasteiger partial charge on any atom is -0.494 e. The van der Waals surface area contributed by atoms with Crippen LogP contribution in [0.2, 0.25) is 0 Å². The minimum atomic E-state index is -0.261. The summed E-state index contributed by atoms with van der Waals surface area (Å²) in [5, 5.41) is 3.65. The van der Waals surface area contributed by atoms with E-state index in [-0.39, 0.29) is 5.82 Å². The van der Waals surface area contributed by atoms with Gasteiger partial charge in [0, 0.05) is 5.39 Å². The van der Waals surface area contributed by atoms with Gasteiger partial charge in [0.25, 0.3) is 0 Å². The van der Waals surface area contributed by atoms with Gasteiger partial charge in [-0.3, -0.25) is 0 Å². The van der Waals surface area contributed by atoms with Gasteiger partial charge in [-0.2, -0.15) is 0 Å². The molecule has 0 saturated heterocycles. The molecule has 0 atom stereocenters. The van der Waals surface area contributed by atoms with Gasteiger partial charge in [-0.25, -0.2) is 4.39 Å². The van der Waals surface area contributed by atoms with Crippen molar-refractivity contribution in [2.45, 2.75) is 97.3 Å². The molecule has 186 valence electrons. The lowest BCUT2D eigenvalue weighted by Crippen LogP contribution is -2.00. The Morgan fingerprint density at radius 2 is 1.12 bits per heavy atom. The zero-order valence-corrected chi connectivity index (χ0v) is 21.3. The fourth-order valence-electron chi connectivity index (χ4n) is 4.58. The van der Waals surface area contributed by atoms with Gasteiger partial charge in [0.15, 0.2) is 11.6 Å². The Kier molecular flexibility index (Phi) is 11.5. The van der Waals surface area contributed by atoms with Crippen LogP contribution in [0, 0.1) is 5.82 Å². The summed E-state index contributed by atoms with van der Waals surface area (Å²) in [7, 11) is 0. The monoisotopic (exact) mass is 466 g/mol. The number of benzene rings is 3. The maximum absolute atomic E-state index is 15.1. The largest absolute Gasteiger partial charge is 0.494 e. The maximum atomic E-state index is 15.1. The first-order valence-electron chi connectivity index (χ1n) is 13.6. The molecule has 34 heavy (non-hydrogen) atoms. The third-order valence-corrected chi connectivity index (χ3v) is 6.66. The summed E-state index contributed by atoms with van der Waals surface area (Å²) in [5.74, 6) is 0.980. The standard InChI is InChI=1S/C31H43FO2/c1-3-5-7-9-10-11-13-14-22-33-26-17-19-27-25(24-26)16-18-29-28(27)20-21-30(31(29)32)34-23-15-12-8-6-4-2/h16-21,24H,3-15,22-23H2,1-2H3. The Labute approximate surface area is 205 Å². The summed E-state index contributed by atoms with van der Waals surface area (Å²) in [4.78, 5) is 0. The number of hydrogen-bond donors (Lipinski definition) is 0. The van der Waals surface area contributed by atoms with Crippen molar-refractivity contribution in [2.75, 3.05) is 13.2 Å². The Morgan fingerprint density at radius 3 is 1.79 bits per heavy atom. The van der Waals surface area contributed by atoms with Crippen LogP contribution >= 0.6 is 0 Å². The van der Waals surface area contributed by atoms with Crippen molar-refractivity contribution in [1.82, 2.24) is 0 Å². The summed E-state index contributed by atoms with van der Waals surface area (Å²) in [5.41, 5.74) is 0. The fourth-order valence-corrected chi connectivity index (χ4v) is 4.58. The predicted molar refractivity (Wildman–Crippen MR) is 144 cm³/mol. The number of halogens is 1. The van der Waals surface area contributed by atoms with E-state index in [1.165, 1.54) is 64.2 Å². The molecule has 3 aromatic rings. The van der Waals surface area contributed by atoms with Crippen molar-refractivity contribution < 1.29 is 13.9 Å². The van der Waals surface area contributed by atoms with Crippen LogP contribution < -0.4 is 9.47 Å². The van der Waals surface area contributed by atoms with E-state index in [4.69, 9.17) is 9.47 Å². The SMILES string of the molecule is CCCCCCCCCCOc1ccc2c(ccc3c(F)c(OCCCCCCC)ccc32)c1. The van der Waals surface area contributed by atoms with Gasteiger partial charge in [-0.05, 0) is 53.3 Å².